The van der Waals surface area contributed by atoms with Gasteiger partial charge in [0.1, 0.15) is 12.4 Å². The van der Waals surface area contributed by atoms with Crippen LogP contribution in [0.5, 0.6) is 5.75 Å². The Morgan fingerprint density at radius 2 is 2.28 bits per heavy atom. The van der Waals surface area contributed by atoms with Crippen molar-refractivity contribution in [2.24, 2.45) is 5.92 Å². The normalized spacial score (nSPS) is 19.9. The first kappa shape index (κ1) is 11.8. The number of nitrogens with one attached hydrogen (secondary N) is 1. The van der Waals surface area contributed by atoms with Gasteiger partial charge >= 0.3 is 0 Å². The summed E-state index contributed by atoms with van der Waals surface area (Å²) in [5.74, 6) is 1.96. The van der Waals surface area contributed by atoms with Crippen LogP contribution in [0.15, 0.2) is 18.2 Å². The fourth-order valence-corrected chi connectivity index (χ4v) is 2.71. The van der Waals surface area contributed by atoms with Crippen molar-refractivity contribution in [2.45, 2.75) is 32.4 Å². The van der Waals surface area contributed by atoms with E-state index in [0.717, 1.165) is 37.1 Å². The van der Waals surface area contributed by atoms with E-state index in [0.29, 0.717) is 6.04 Å². The second-order valence-electron chi connectivity index (χ2n) is 5.56. The van der Waals surface area contributed by atoms with Crippen LogP contribution in [-0.4, -0.2) is 31.1 Å². The molecule has 1 fully saturated rings. The van der Waals surface area contributed by atoms with E-state index >= 15 is 0 Å². The molecule has 98 valence electrons. The Labute approximate surface area is 109 Å². The summed E-state index contributed by atoms with van der Waals surface area (Å²) in [4.78, 5) is 2.45. The van der Waals surface area contributed by atoms with Crippen molar-refractivity contribution in [3.63, 3.8) is 0 Å². The maximum absolute atomic E-state index is 5.82. The smallest absolute Gasteiger partial charge is 0.146 e. The summed E-state index contributed by atoms with van der Waals surface area (Å²) in [6.45, 7) is 4.99. The summed E-state index contributed by atoms with van der Waals surface area (Å²) in [6, 6.07) is 7.08. The average Bonchev–Trinajstić information content (AvgIpc) is 3.22. The third-order valence-corrected chi connectivity index (χ3v) is 4.18. The number of ether oxygens (including phenoxy) is 1. The fraction of sp³-hybridized carbons (Fsp3) is 0.600. The minimum Gasteiger partial charge on any atom is -0.489 e. The van der Waals surface area contributed by atoms with E-state index in [1.54, 1.807) is 0 Å². The fourth-order valence-electron chi connectivity index (χ4n) is 2.71. The minimum atomic E-state index is 0.678. The Morgan fingerprint density at radius 3 is 3.06 bits per heavy atom. The molecule has 1 saturated carbocycles. The Hall–Kier alpha value is -1.22. The van der Waals surface area contributed by atoms with Crippen LogP contribution >= 0.6 is 0 Å². The molecule has 3 rings (SSSR count). The van der Waals surface area contributed by atoms with Crippen LogP contribution in [0, 0.1) is 5.92 Å². The molecule has 1 aliphatic carbocycles. The van der Waals surface area contributed by atoms with Gasteiger partial charge in [0, 0.05) is 24.7 Å². The highest BCUT2D eigenvalue weighted by Gasteiger charge is 2.30. The van der Waals surface area contributed by atoms with Gasteiger partial charge < -0.3 is 10.1 Å². The van der Waals surface area contributed by atoms with Gasteiger partial charge in [-0.1, -0.05) is 12.1 Å². The van der Waals surface area contributed by atoms with E-state index in [1.165, 1.54) is 18.4 Å². The Balaban J connectivity index is 1.75. The van der Waals surface area contributed by atoms with Gasteiger partial charge in [-0.05, 0) is 38.8 Å². The Bertz CT molecular complexity index is 429. The van der Waals surface area contributed by atoms with E-state index in [4.69, 9.17) is 4.74 Å². The molecule has 0 bridgehead atoms. The lowest BCUT2D eigenvalue weighted by molar-refractivity contribution is 0.221. The second-order valence-corrected chi connectivity index (χ2v) is 5.56. The molecule has 0 aromatic heterocycles. The van der Waals surface area contributed by atoms with Crippen molar-refractivity contribution in [1.29, 1.82) is 0 Å². The summed E-state index contributed by atoms with van der Waals surface area (Å²) in [5.41, 5.74) is 2.45. The molecule has 3 nitrogen and oxygen atoms in total. The Morgan fingerprint density at radius 1 is 1.44 bits per heavy atom. The summed E-state index contributed by atoms with van der Waals surface area (Å²) in [5, 5.41) is 3.40. The maximum atomic E-state index is 5.82. The van der Waals surface area contributed by atoms with Gasteiger partial charge in [0.25, 0.3) is 0 Å². The number of benzene rings is 1. The monoisotopic (exact) mass is 246 g/mol. The topological polar surface area (TPSA) is 24.5 Å². The molecular formula is C15H22N2O. The number of para-hydroxylation sites is 1. The van der Waals surface area contributed by atoms with Crippen molar-refractivity contribution in [1.82, 2.24) is 4.90 Å². The van der Waals surface area contributed by atoms with Crippen LogP contribution in [0.3, 0.4) is 0 Å². The predicted octanol–water partition coefficient (Wildman–Crippen LogP) is 2.72. The van der Waals surface area contributed by atoms with Crippen LogP contribution in [0.4, 0.5) is 5.69 Å². The quantitative estimate of drug-likeness (QED) is 0.884. The van der Waals surface area contributed by atoms with E-state index in [2.05, 4.69) is 42.4 Å². The average molecular weight is 246 g/mol. The zero-order chi connectivity index (χ0) is 12.5. The molecule has 0 saturated heterocycles. The summed E-state index contributed by atoms with van der Waals surface area (Å²) in [7, 11) is 2.22. The third kappa shape index (κ3) is 2.32. The molecule has 0 spiro atoms. The first-order valence-corrected chi connectivity index (χ1v) is 6.94. The van der Waals surface area contributed by atoms with Crippen molar-refractivity contribution < 1.29 is 4.74 Å². The zero-order valence-corrected chi connectivity index (χ0v) is 11.3. The molecule has 1 aromatic carbocycles. The van der Waals surface area contributed by atoms with Crippen molar-refractivity contribution in [3.8, 4) is 5.75 Å². The lowest BCUT2D eigenvalue weighted by Gasteiger charge is -2.27. The van der Waals surface area contributed by atoms with Crippen molar-refractivity contribution in [2.75, 3.05) is 25.5 Å². The van der Waals surface area contributed by atoms with Gasteiger partial charge in [0.15, 0.2) is 0 Å². The van der Waals surface area contributed by atoms with E-state index in [1.807, 2.05) is 0 Å². The molecule has 1 unspecified atom stereocenters. The van der Waals surface area contributed by atoms with Gasteiger partial charge in [-0.25, -0.2) is 0 Å². The van der Waals surface area contributed by atoms with E-state index < -0.39 is 0 Å². The molecule has 1 aromatic rings. The molecule has 2 aliphatic rings. The van der Waals surface area contributed by atoms with Gasteiger partial charge in [-0.15, -0.1) is 0 Å². The lowest BCUT2D eigenvalue weighted by Crippen LogP contribution is -2.30. The SMILES string of the molecule is CC(C1CC1)N(C)Cc1cccc2c1OCCN2. The number of rotatable bonds is 4. The third-order valence-electron chi connectivity index (χ3n) is 4.18. The lowest BCUT2D eigenvalue weighted by atomic mass is 10.1. The summed E-state index contributed by atoms with van der Waals surface area (Å²) >= 11 is 0. The first-order chi connectivity index (χ1) is 8.75. The molecule has 1 N–H and O–H groups in total. The predicted molar refractivity (Wildman–Crippen MR) is 74.1 cm³/mol. The van der Waals surface area contributed by atoms with Gasteiger partial charge in [0.2, 0.25) is 0 Å². The van der Waals surface area contributed by atoms with Crippen LogP contribution in [-0.2, 0) is 6.54 Å². The first-order valence-electron chi connectivity index (χ1n) is 6.94. The highest BCUT2D eigenvalue weighted by atomic mass is 16.5. The molecule has 1 heterocycles. The molecule has 1 atom stereocenters. The Kier molecular flexibility index (Phi) is 3.16. The van der Waals surface area contributed by atoms with Crippen molar-refractivity contribution >= 4 is 5.69 Å². The standard InChI is InChI=1S/C15H22N2O/c1-11(12-6-7-12)17(2)10-13-4-3-5-14-15(13)18-9-8-16-14/h3-5,11-12,16H,6-10H2,1-2H3. The minimum absolute atomic E-state index is 0.678. The highest BCUT2D eigenvalue weighted by Crippen LogP contribution is 2.37. The summed E-state index contributed by atoms with van der Waals surface area (Å²) in [6.07, 6.45) is 2.80. The molecule has 1 aliphatic heterocycles. The molecular weight excluding hydrogens is 224 g/mol. The number of nitrogens with zero attached hydrogens (tertiary/aromatic N) is 1. The second kappa shape index (κ2) is 4.81. The maximum Gasteiger partial charge on any atom is 0.146 e. The van der Waals surface area contributed by atoms with Gasteiger partial charge in [0.05, 0.1) is 5.69 Å². The highest BCUT2D eigenvalue weighted by molar-refractivity contribution is 5.61. The zero-order valence-electron chi connectivity index (χ0n) is 11.3. The summed E-state index contributed by atoms with van der Waals surface area (Å²) < 4.78 is 5.82. The van der Waals surface area contributed by atoms with Gasteiger partial charge in [-0.2, -0.15) is 0 Å². The number of hydrogen-bond donors (Lipinski definition) is 1. The molecule has 3 heteroatoms. The largest absolute Gasteiger partial charge is 0.489 e. The molecule has 0 amide bonds. The number of anilines is 1. The number of hydrogen-bond acceptors (Lipinski definition) is 3. The van der Waals surface area contributed by atoms with E-state index in [-0.39, 0.29) is 0 Å². The van der Waals surface area contributed by atoms with Crippen LogP contribution in [0.1, 0.15) is 25.3 Å². The molecule has 18 heavy (non-hydrogen) atoms. The van der Waals surface area contributed by atoms with Crippen LogP contribution in [0.25, 0.3) is 0 Å². The van der Waals surface area contributed by atoms with Gasteiger partial charge in [-0.3, -0.25) is 4.90 Å². The molecule has 0 radical (unpaired) electrons. The van der Waals surface area contributed by atoms with Crippen LogP contribution in [0.2, 0.25) is 0 Å². The number of fused-ring (bicyclic) bond motifs is 1. The van der Waals surface area contributed by atoms with E-state index in [9.17, 15) is 0 Å². The van der Waals surface area contributed by atoms with Crippen LogP contribution < -0.4 is 10.1 Å². The van der Waals surface area contributed by atoms with Crippen molar-refractivity contribution in [3.05, 3.63) is 23.8 Å².